The first-order valence-electron chi connectivity index (χ1n) is 6.66. The van der Waals surface area contributed by atoms with Crippen LogP contribution in [0.15, 0.2) is 34.1 Å². The number of nitrogens with zero attached hydrogens (tertiary/aromatic N) is 1. The van der Waals surface area contributed by atoms with Crippen LogP contribution in [0.25, 0.3) is 0 Å². The van der Waals surface area contributed by atoms with Crippen molar-refractivity contribution in [2.24, 2.45) is 0 Å². The molecule has 1 rings (SSSR count). The van der Waals surface area contributed by atoms with E-state index < -0.39 is 30.0 Å². The summed E-state index contributed by atoms with van der Waals surface area (Å²) in [4.78, 5) is 0.611. The highest BCUT2D eigenvalue weighted by molar-refractivity contribution is 7.86. The largest absolute Gasteiger partial charge is 0.395 e. The van der Waals surface area contributed by atoms with Crippen LogP contribution in [-0.2, 0) is 20.2 Å². The lowest BCUT2D eigenvalue weighted by molar-refractivity contribution is 0.136. The van der Waals surface area contributed by atoms with Gasteiger partial charge in [0, 0.05) is 19.6 Å². The molecule has 5 N–H and O–H groups in total. The van der Waals surface area contributed by atoms with Gasteiger partial charge in [-0.25, -0.2) is 0 Å². The highest BCUT2D eigenvalue weighted by Crippen LogP contribution is 2.14. The van der Waals surface area contributed by atoms with Crippen molar-refractivity contribution in [1.29, 1.82) is 0 Å². The van der Waals surface area contributed by atoms with E-state index in [4.69, 9.17) is 24.4 Å². The first-order chi connectivity index (χ1) is 11.1. The summed E-state index contributed by atoms with van der Waals surface area (Å²) >= 11 is 0. The molecule has 0 saturated heterocycles. The summed E-state index contributed by atoms with van der Waals surface area (Å²) in [7, 11) is -8.92. The fourth-order valence-corrected chi connectivity index (χ4v) is 2.68. The average Bonchev–Trinajstić information content (AvgIpc) is 2.47. The summed E-state index contributed by atoms with van der Waals surface area (Å²) in [5, 5.41) is 25.5. The van der Waals surface area contributed by atoms with Gasteiger partial charge in [0.25, 0.3) is 20.2 Å². The van der Waals surface area contributed by atoms with E-state index in [0.29, 0.717) is 25.7 Å². The highest BCUT2D eigenvalue weighted by atomic mass is 32.2. The van der Waals surface area contributed by atoms with Crippen molar-refractivity contribution in [2.45, 2.75) is 9.79 Å². The summed E-state index contributed by atoms with van der Waals surface area (Å²) in [6.45, 7) is 1.75. The second kappa shape index (κ2) is 10.7. The molecule has 140 valence electrons. The molecule has 0 fully saturated rings. The molecule has 0 aromatic heterocycles. The van der Waals surface area contributed by atoms with Crippen molar-refractivity contribution < 1.29 is 41.3 Å². The Morgan fingerprint density at radius 1 is 0.750 bits per heavy atom. The lowest BCUT2D eigenvalue weighted by Gasteiger charge is -2.17. The summed E-state index contributed by atoms with van der Waals surface area (Å²) in [5.41, 5.74) is 0. The van der Waals surface area contributed by atoms with E-state index >= 15 is 0 Å². The van der Waals surface area contributed by atoms with Crippen LogP contribution in [-0.4, -0.2) is 85.6 Å². The molecule has 0 aliphatic rings. The Morgan fingerprint density at radius 3 is 1.33 bits per heavy atom. The van der Waals surface area contributed by atoms with E-state index in [1.165, 1.54) is 0 Å². The fraction of sp³-hybridized carbons (Fsp3) is 0.500. The monoisotopic (exact) mass is 387 g/mol. The molecular formula is C12H21NO9S2. The summed E-state index contributed by atoms with van der Waals surface area (Å²) < 4.78 is 59.5. The number of aliphatic hydroxyl groups excluding tert-OH is 3. The first kappa shape index (κ1) is 22.9. The second-order valence-electron chi connectivity index (χ2n) is 4.44. The summed E-state index contributed by atoms with van der Waals surface area (Å²) in [5.74, 6) is 0. The van der Waals surface area contributed by atoms with E-state index in [1.54, 1.807) is 4.90 Å². The summed E-state index contributed by atoms with van der Waals surface area (Å²) in [6, 6.07) is 3.75. The predicted octanol–water partition coefficient (Wildman–Crippen LogP) is -1.55. The van der Waals surface area contributed by atoms with Crippen LogP contribution in [0.5, 0.6) is 0 Å². The van der Waals surface area contributed by atoms with Crippen LogP contribution in [0.3, 0.4) is 0 Å². The van der Waals surface area contributed by atoms with Gasteiger partial charge in [-0.15, -0.1) is 0 Å². The highest BCUT2D eigenvalue weighted by Gasteiger charge is 2.15. The number of benzene rings is 1. The maximum absolute atomic E-state index is 10.6. The Bertz CT molecular complexity index is 627. The predicted molar refractivity (Wildman–Crippen MR) is 83.8 cm³/mol. The van der Waals surface area contributed by atoms with Crippen LogP contribution >= 0.6 is 0 Å². The quantitative estimate of drug-likeness (QED) is 0.328. The Balaban J connectivity index is 0.000000470. The molecule has 0 saturated carbocycles. The lowest BCUT2D eigenvalue weighted by atomic mass is 10.4. The standard InChI is InChI=1S/C6H15NO3.C6H6O6S2/c8-4-1-7(2-5-9)3-6-10;7-13(8,9)5-2-1-3-6(4-5)14(10,11)12/h8-10H,1-6H2;1-4H,(H,7,8,9)(H,10,11,12). The third-order valence-electron chi connectivity index (χ3n) is 2.65. The average molecular weight is 387 g/mol. The summed E-state index contributed by atoms with van der Waals surface area (Å²) in [6.07, 6.45) is 0. The zero-order chi connectivity index (χ0) is 18.8. The molecule has 10 nitrogen and oxygen atoms in total. The van der Waals surface area contributed by atoms with E-state index in [2.05, 4.69) is 0 Å². The van der Waals surface area contributed by atoms with Gasteiger partial charge in [-0.2, -0.15) is 16.8 Å². The molecule has 12 heteroatoms. The molecule has 24 heavy (non-hydrogen) atoms. The minimum Gasteiger partial charge on any atom is -0.395 e. The van der Waals surface area contributed by atoms with Crippen molar-refractivity contribution in [2.75, 3.05) is 39.5 Å². The van der Waals surface area contributed by atoms with Crippen molar-refractivity contribution >= 4 is 20.2 Å². The van der Waals surface area contributed by atoms with Gasteiger partial charge in [0.15, 0.2) is 0 Å². The molecule has 1 aromatic carbocycles. The topological polar surface area (TPSA) is 173 Å². The van der Waals surface area contributed by atoms with Crippen LogP contribution in [0, 0.1) is 0 Å². The van der Waals surface area contributed by atoms with Crippen LogP contribution < -0.4 is 0 Å². The van der Waals surface area contributed by atoms with Crippen molar-refractivity contribution in [3.05, 3.63) is 24.3 Å². The molecule has 0 atom stereocenters. The first-order valence-corrected chi connectivity index (χ1v) is 9.54. The Labute approximate surface area is 140 Å². The molecule has 0 bridgehead atoms. The van der Waals surface area contributed by atoms with Gasteiger partial charge >= 0.3 is 0 Å². The minimum absolute atomic E-state index is 0.0694. The van der Waals surface area contributed by atoms with Crippen molar-refractivity contribution in [1.82, 2.24) is 4.90 Å². The maximum Gasteiger partial charge on any atom is 0.294 e. The van der Waals surface area contributed by atoms with Crippen molar-refractivity contribution in [3.8, 4) is 0 Å². The van der Waals surface area contributed by atoms with Gasteiger partial charge in [0.05, 0.1) is 29.6 Å². The number of rotatable bonds is 8. The molecule has 1 aromatic rings. The van der Waals surface area contributed by atoms with E-state index in [-0.39, 0.29) is 19.8 Å². The SMILES string of the molecule is O=S(=O)(O)c1cccc(S(=O)(=O)O)c1.OCCN(CCO)CCO. The van der Waals surface area contributed by atoms with E-state index in [9.17, 15) is 16.8 Å². The second-order valence-corrected chi connectivity index (χ2v) is 7.28. The van der Waals surface area contributed by atoms with Crippen LogP contribution in [0.1, 0.15) is 0 Å². The Hall–Kier alpha value is -1.12. The maximum atomic E-state index is 10.6. The van der Waals surface area contributed by atoms with Gasteiger partial charge in [-0.1, -0.05) is 6.07 Å². The van der Waals surface area contributed by atoms with Crippen LogP contribution in [0.2, 0.25) is 0 Å². The van der Waals surface area contributed by atoms with Gasteiger partial charge in [0.1, 0.15) is 0 Å². The fourth-order valence-electron chi connectivity index (χ4n) is 1.55. The molecule has 0 aliphatic heterocycles. The smallest absolute Gasteiger partial charge is 0.294 e. The van der Waals surface area contributed by atoms with E-state index in [1.807, 2.05) is 0 Å². The number of hydrogen-bond donors (Lipinski definition) is 5. The third kappa shape index (κ3) is 9.24. The van der Waals surface area contributed by atoms with E-state index in [0.717, 1.165) is 18.2 Å². The van der Waals surface area contributed by atoms with Gasteiger partial charge in [0.2, 0.25) is 0 Å². The molecule has 0 heterocycles. The number of aliphatic hydroxyl groups is 3. The van der Waals surface area contributed by atoms with Gasteiger partial charge in [-0.05, 0) is 18.2 Å². The molecular weight excluding hydrogens is 366 g/mol. The zero-order valence-corrected chi connectivity index (χ0v) is 14.3. The molecule has 0 aliphatic carbocycles. The normalized spacial score (nSPS) is 11.9. The lowest BCUT2D eigenvalue weighted by Crippen LogP contribution is -2.32. The zero-order valence-electron chi connectivity index (χ0n) is 12.7. The minimum atomic E-state index is -4.46. The molecule has 0 spiro atoms. The van der Waals surface area contributed by atoms with Crippen LogP contribution in [0.4, 0.5) is 0 Å². The Morgan fingerprint density at radius 2 is 1.08 bits per heavy atom. The van der Waals surface area contributed by atoms with Gasteiger partial charge in [-0.3, -0.25) is 14.0 Å². The van der Waals surface area contributed by atoms with Gasteiger partial charge < -0.3 is 15.3 Å². The molecule has 0 amide bonds. The number of hydrogen-bond acceptors (Lipinski definition) is 8. The Kier molecular flexibility index (Phi) is 10.2. The third-order valence-corrected chi connectivity index (χ3v) is 4.35. The molecule has 0 unspecified atom stereocenters. The molecule has 0 radical (unpaired) electrons. The van der Waals surface area contributed by atoms with Crippen molar-refractivity contribution in [3.63, 3.8) is 0 Å².